The van der Waals surface area contributed by atoms with Crippen LogP contribution in [0.25, 0.3) is 6.08 Å². The van der Waals surface area contributed by atoms with Crippen molar-refractivity contribution in [2.45, 2.75) is 20.0 Å². The largest absolute Gasteiger partial charge is 0.422 e. The molecule has 0 fully saturated rings. The molecular weight excluding hydrogens is 265 g/mol. The van der Waals surface area contributed by atoms with Gasteiger partial charge in [-0.25, -0.2) is 17.6 Å². The SMILES string of the molecule is CC(C)=Cc1c(F)c(F)c(C(F)(F)F)c(F)c1F. The van der Waals surface area contributed by atoms with E-state index in [1.165, 1.54) is 13.8 Å². The van der Waals surface area contributed by atoms with Crippen LogP contribution in [-0.4, -0.2) is 0 Å². The fourth-order valence-corrected chi connectivity index (χ4v) is 1.31. The lowest BCUT2D eigenvalue weighted by molar-refractivity contribution is -0.143. The van der Waals surface area contributed by atoms with E-state index < -0.39 is 40.6 Å². The Balaban J connectivity index is 3.72. The van der Waals surface area contributed by atoms with Gasteiger partial charge in [0.25, 0.3) is 0 Å². The molecule has 0 spiro atoms. The summed E-state index contributed by atoms with van der Waals surface area (Å²) in [6, 6.07) is 0. The van der Waals surface area contributed by atoms with E-state index in [-0.39, 0.29) is 5.57 Å². The average molecular weight is 272 g/mol. The van der Waals surface area contributed by atoms with Gasteiger partial charge in [-0.15, -0.1) is 0 Å². The highest BCUT2D eigenvalue weighted by atomic mass is 19.4. The quantitative estimate of drug-likeness (QED) is 0.514. The van der Waals surface area contributed by atoms with E-state index in [4.69, 9.17) is 0 Å². The van der Waals surface area contributed by atoms with E-state index in [0.29, 0.717) is 0 Å². The zero-order valence-electron chi connectivity index (χ0n) is 9.22. The molecule has 0 N–H and O–H groups in total. The van der Waals surface area contributed by atoms with Crippen molar-refractivity contribution in [2.75, 3.05) is 0 Å². The van der Waals surface area contributed by atoms with Gasteiger partial charge in [-0.2, -0.15) is 13.2 Å². The summed E-state index contributed by atoms with van der Waals surface area (Å²) < 4.78 is 89.5. The molecule has 0 nitrogen and oxygen atoms in total. The first-order valence-electron chi connectivity index (χ1n) is 4.65. The molecule has 0 aliphatic rings. The lowest BCUT2D eigenvalue weighted by Crippen LogP contribution is -2.16. The average Bonchev–Trinajstić information content (AvgIpc) is 2.19. The molecule has 100 valence electrons. The molecule has 0 atom stereocenters. The fraction of sp³-hybridized carbons (Fsp3) is 0.273. The molecule has 0 aromatic heterocycles. The summed E-state index contributed by atoms with van der Waals surface area (Å²) in [4.78, 5) is 0. The Hall–Kier alpha value is -1.53. The van der Waals surface area contributed by atoms with Crippen LogP contribution in [-0.2, 0) is 6.18 Å². The van der Waals surface area contributed by atoms with Crippen molar-refractivity contribution in [3.8, 4) is 0 Å². The Kier molecular flexibility index (Phi) is 3.73. The van der Waals surface area contributed by atoms with Crippen LogP contribution in [0.4, 0.5) is 30.7 Å². The molecule has 1 rings (SSSR count). The number of halogens is 7. The molecule has 0 aliphatic heterocycles. The van der Waals surface area contributed by atoms with Crippen molar-refractivity contribution < 1.29 is 30.7 Å². The topological polar surface area (TPSA) is 0 Å². The molecule has 0 saturated heterocycles. The molecular formula is C11H7F7. The Bertz CT molecular complexity index is 478. The van der Waals surface area contributed by atoms with E-state index >= 15 is 0 Å². The van der Waals surface area contributed by atoms with Gasteiger partial charge < -0.3 is 0 Å². The monoisotopic (exact) mass is 272 g/mol. The number of hydrogen-bond donors (Lipinski definition) is 0. The van der Waals surface area contributed by atoms with Crippen LogP contribution in [0, 0.1) is 23.3 Å². The van der Waals surface area contributed by atoms with Crippen LogP contribution in [0.1, 0.15) is 25.0 Å². The van der Waals surface area contributed by atoms with Gasteiger partial charge in [-0.05, 0) is 13.8 Å². The summed E-state index contributed by atoms with van der Waals surface area (Å²) in [5, 5.41) is 0. The number of rotatable bonds is 1. The van der Waals surface area contributed by atoms with Gasteiger partial charge in [-0.3, -0.25) is 0 Å². The van der Waals surface area contributed by atoms with E-state index in [9.17, 15) is 30.7 Å². The minimum atomic E-state index is -5.51. The van der Waals surface area contributed by atoms with E-state index in [1.54, 1.807) is 0 Å². The zero-order chi connectivity index (χ0) is 14.2. The van der Waals surface area contributed by atoms with Gasteiger partial charge in [0.1, 0.15) is 5.56 Å². The molecule has 7 heteroatoms. The molecule has 0 amide bonds. The second-order valence-electron chi connectivity index (χ2n) is 3.76. The van der Waals surface area contributed by atoms with Gasteiger partial charge in [0, 0.05) is 0 Å². The smallest absolute Gasteiger partial charge is 0.203 e. The fourth-order valence-electron chi connectivity index (χ4n) is 1.31. The molecule has 1 aromatic carbocycles. The normalized spacial score (nSPS) is 11.6. The first kappa shape index (κ1) is 14.5. The Morgan fingerprint density at radius 3 is 1.50 bits per heavy atom. The summed E-state index contributed by atoms with van der Waals surface area (Å²) in [7, 11) is 0. The molecule has 0 unspecified atom stereocenters. The summed E-state index contributed by atoms with van der Waals surface area (Å²) in [6.07, 6.45) is -4.80. The maximum Gasteiger partial charge on any atom is 0.422 e. The second-order valence-corrected chi connectivity index (χ2v) is 3.76. The molecule has 0 heterocycles. The highest BCUT2D eigenvalue weighted by Crippen LogP contribution is 2.37. The van der Waals surface area contributed by atoms with Crippen LogP contribution in [0.3, 0.4) is 0 Å². The lowest BCUT2D eigenvalue weighted by atomic mass is 10.1. The second kappa shape index (κ2) is 4.62. The van der Waals surface area contributed by atoms with Crippen LogP contribution in [0.5, 0.6) is 0 Å². The first-order chi connectivity index (χ1) is 8.07. The Morgan fingerprint density at radius 2 is 1.22 bits per heavy atom. The summed E-state index contributed by atoms with van der Waals surface area (Å²) >= 11 is 0. The van der Waals surface area contributed by atoms with Gasteiger partial charge in [0.2, 0.25) is 0 Å². The van der Waals surface area contributed by atoms with Crippen molar-refractivity contribution in [3.05, 3.63) is 40.0 Å². The highest BCUT2D eigenvalue weighted by molar-refractivity contribution is 5.55. The minimum Gasteiger partial charge on any atom is -0.203 e. The predicted molar refractivity (Wildman–Crippen MR) is 50.6 cm³/mol. The van der Waals surface area contributed by atoms with Crippen molar-refractivity contribution in [3.63, 3.8) is 0 Å². The molecule has 0 radical (unpaired) electrons. The Labute approximate surface area is 97.7 Å². The third-order valence-corrected chi connectivity index (χ3v) is 2.01. The maximum atomic E-state index is 13.3. The van der Waals surface area contributed by atoms with Gasteiger partial charge >= 0.3 is 6.18 Å². The molecule has 0 aliphatic carbocycles. The summed E-state index contributed by atoms with van der Waals surface area (Å²) in [5.74, 6) is -9.03. The number of allylic oxidation sites excluding steroid dienone is 1. The number of alkyl halides is 3. The van der Waals surface area contributed by atoms with E-state index in [2.05, 4.69) is 0 Å². The van der Waals surface area contributed by atoms with Crippen molar-refractivity contribution >= 4 is 6.08 Å². The molecule has 0 saturated carbocycles. The number of benzene rings is 1. The summed E-state index contributed by atoms with van der Waals surface area (Å²) in [6.45, 7) is 2.73. The van der Waals surface area contributed by atoms with Crippen molar-refractivity contribution in [2.24, 2.45) is 0 Å². The minimum absolute atomic E-state index is 0.270. The molecule has 1 aromatic rings. The first-order valence-corrected chi connectivity index (χ1v) is 4.65. The van der Waals surface area contributed by atoms with Gasteiger partial charge in [0.05, 0.1) is 5.56 Å². The predicted octanol–water partition coefficient (Wildman–Crippen LogP) is 4.69. The number of hydrogen-bond acceptors (Lipinski definition) is 0. The van der Waals surface area contributed by atoms with Crippen molar-refractivity contribution in [1.82, 2.24) is 0 Å². The van der Waals surface area contributed by atoms with Gasteiger partial charge in [0.15, 0.2) is 23.3 Å². The van der Waals surface area contributed by atoms with Crippen LogP contribution >= 0.6 is 0 Å². The Morgan fingerprint density at radius 1 is 0.833 bits per heavy atom. The van der Waals surface area contributed by atoms with Crippen LogP contribution in [0.15, 0.2) is 5.57 Å². The summed E-state index contributed by atoms with van der Waals surface area (Å²) in [5.41, 5.74) is -3.47. The molecule has 18 heavy (non-hydrogen) atoms. The van der Waals surface area contributed by atoms with Crippen LogP contribution < -0.4 is 0 Å². The van der Waals surface area contributed by atoms with Crippen LogP contribution in [0.2, 0.25) is 0 Å². The third-order valence-electron chi connectivity index (χ3n) is 2.01. The lowest BCUT2D eigenvalue weighted by Gasteiger charge is -2.12. The zero-order valence-corrected chi connectivity index (χ0v) is 9.22. The van der Waals surface area contributed by atoms with E-state index in [1.807, 2.05) is 0 Å². The standard InChI is InChI=1S/C11H7F7/c1-4(2)3-5-7(12)9(14)6(11(16,17)18)10(15)8(5)13/h3H,1-2H3. The van der Waals surface area contributed by atoms with Crippen molar-refractivity contribution in [1.29, 1.82) is 0 Å². The molecule has 0 bridgehead atoms. The maximum absolute atomic E-state index is 13.3. The van der Waals surface area contributed by atoms with E-state index in [0.717, 1.165) is 6.08 Å². The van der Waals surface area contributed by atoms with Gasteiger partial charge in [-0.1, -0.05) is 11.6 Å². The third kappa shape index (κ3) is 2.49. The highest BCUT2D eigenvalue weighted by Gasteiger charge is 2.41.